The predicted octanol–water partition coefficient (Wildman–Crippen LogP) is 2.15. The van der Waals surface area contributed by atoms with Gasteiger partial charge in [-0.15, -0.1) is 0 Å². The third-order valence-corrected chi connectivity index (χ3v) is 2.89. The maximum absolute atomic E-state index is 10.7. The SMILES string of the molecule is CC(C)(C=O)CC1CCCC(O)C1. The number of carbonyl (C=O) groups is 1. The molecule has 1 rings (SSSR count). The van der Waals surface area contributed by atoms with Crippen LogP contribution in [-0.4, -0.2) is 17.5 Å². The maximum atomic E-state index is 10.7. The monoisotopic (exact) mass is 184 g/mol. The van der Waals surface area contributed by atoms with Gasteiger partial charge in [-0.25, -0.2) is 0 Å². The summed E-state index contributed by atoms with van der Waals surface area (Å²) >= 11 is 0. The second-order valence-electron chi connectivity index (χ2n) is 5.00. The number of aliphatic hydroxyl groups is 1. The van der Waals surface area contributed by atoms with E-state index in [-0.39, 0.29) is 11.5 Å². The third kappa shape index (κ3) is 3.47. The highest BCUT2D eigenvalue weighted by Gasteiger charge is 2.26. The molecule has 1 saturated carbocycles. The predicted molar refractivity (Wildman–Crippen MR) is 52.4 cm³/mol. The van der Waals surface area contributed by atoms with Crippen LogP contribution in [0.3, 0.4) is 0 Å². The van der Waals surface area contributed by atoms with Crippen molar-refractivity contribution < 1.29 is 9.90 Å². The smallest absolute Gasteiger partial charge is 0.125 e. The van der Waals surface area contributed by atoms with E-state index in [0.717, 1.165) is 32.0 Å². The van der Waals surface area contributed by atoms with E-state index in [4.69, 9.17) is 0 Å². The second-order valence-corrected chi connectivity index (χ2v) is 5.00. The van der Waals surface area contributed by atoms with E-state index in [2.05, 4.69) is 0 Å². The molecule has 76 valence electrons. The zero-order valence-corrected chi connectivity index (χ0v) is 8.62. The van der Waals surface area contributed by atoms with Crippen LogP contribution >= 0.6 is 0 Å². The highest BCUT2D eigenvalue weighted by molar-refractivity contribution is 5.57. The van der Waals surface area contributed by atoms with Gasteiger partial charge in [-0.1, -0.05) is 26.7 Å². The molecule has 0 radical (unpaired) electrons. The van der Waals surface area contributed by atoms with Crippen LogP contribution in [0.25, 0.3) is 0 Å². The van der Waals surface area contributed by atoms with Crippen LogP contribution in [0.2, 0.25) is 0 Å². The molecule has 0 heterocycles. The van der Waals surface area contributed by atoms with Crippen molar-refractivity contribution in [3.05, 3.63) is 0 Å². The molecule has 1 aliphatic rings. The van der Waals surface area contributed by atoms with E-state index in [1.165, 1.54) is 6.42 Å². The average Bonchev–Trinajstić information content (AvgIpc) is 2.03. The van der Waals surface area contributed by atoms with Crippen LogP contribution < -0.4 is 0 Å². The Kier molecular flexibility index (Phi) is 3.48. The molecule has 1 aliphatic carbocycles. The normalized spacial score (nSPS) is 30.1. The van der Waals surface area contributed by atoms with Gasteiger partial charge in [0.15, 0.2) is 0 Å². The highest BCUT2D eigenvalue weighted by Crippen LogP contribution is 2.33. The van der Waals surface area contributed by atoms with Crippen molar-refractivity contribution in [2.75, 3.05) is 0 Å². The minimum absolute atomic E-state index is 0.124. The number of aliphatic hydroxyl groups excluding tert-OH is 1. The van der Waals surface area contributed by atoms with Gasteiger partial charge >= 0.3 is 0 Å². The fourth-order valence-electron chi connectivity index (χ4n) is 2.24. The van der Waals surface area contributed by atoms with Gasteiger partial charge in [-0.05, 0) is 25.2 Å². The number of hydrogen-bond donors (Lipinski definition) is 1. The minimum atomic E-state index is -0.207. The Bertz CT molecular complexity index is 175. The molecule has 0 aromatic heterocycles. The number of rotatable bonds is 3. The summed E-state index contributed by atoms with van der Waals surface area (Å²) in [5, 5.41) is 9.46. The summed E-state index contributed by atoms with van der Waals surface area (Å²) in [5.41, 5.74) is -0.207. The molecule has 0 aromatic rings. The molecule has 0 saturated heterocycles. The Morgan fingerprint density at radius 3 is 2.69 bits per heavy atom. The summed E-state index contributed by atoms with van der Waals surface area (Å²) in [7, 11) is 0. The van der Waals surface area contributed by atoms with Gasteiger partial charge in [0.2, 0.25) is 0 Å². The Morgan fingerprint density at radius 1 is 1.46 bits per heavy atom. The zero-order valence-electron chi connectivity index (χ0n) is 8.62. The minimum Gasteiger partial charge on any atom is -0.393 e. The molecule has 2 heteroatoms. The van der Waals surface area contributed by atoms with Gasteiger partial charge in [0.25, 0.3) is 0 Å². The van der Waals surface area contributed by atoms with Crippen molar-refractivity contribution in [1.82, 2.24) is 0 Å². The lowest BCUT2D eigenvalue weighted by molar-refractivity contribution is -0.115. The number of hydrogen-bond acceptors (Lipinski definition) is 2. The lowest BCUT2D eigenvalue weighted by Gasteiger charge is -2.30. The largest absolute Gasteiger partial charge is 0.393 e. The molecule has 0 bridgehead atoms. The summed E-state index contributed by atoms with van der Waals surface area (Å²) < 4.78 is 0. The first kappa shape index (κ1) is 10.7. The Morgan fingerprint density at radius 2 is 2.15 bits per heavy atom. The lowest BCUT2D eigenvalue weighted by Crippen LogP contribution is -2.25. The van der Waals surface area contributed by atoms with E-state index in [1.54, 1.807) is 0 Å². The first-order valence-corrected chi connectivity index (χ1v) is 5.18. The summed E-state index contributed by atoms with van der Waals surface area (Å²) in [6.45, 7) is 3.95. The fraction of sp³-hybridized carbons (Fsp3) is 0.909. The molecule has 1 N–H and O–H groups in total. The van der Waals surface area contributed by atoms with Crippen molar-refractivity contribution in [3.63, 3.8) is 0 Å². The van der Waals surface area contributed by atoms with E-state index in [9.17, 15) is 9.90 Å². The molecule has 0 aliphatic heterocycles. The van der Waals surface area contributed by atoms with Gasteiger partial charge in [-0.2, -0.15) is 0 Å². The molecule has 13 heavy (non-hydrogen) atoms. The van der Waals surface area contributed by atoms with Gasteiger partial charge in [0.05, 0.1) is 6.10 Å². The van der Waals surface area contributed by atoms with E-state index >= 15 is 0 Å². The molecule has 2 atom stereocenters. The first-order valence-electron chi connectivity index (χ1n) is 5.18. The first-order chi connectivity index (χ1) is 6.03. The molecule has 2 nitrogen and oxygen atoms in total. The molecule has 0 spiro atoms. The molecule has 1 fully saturated rings. The zero-order chi connectivity index (χ0) is 9.90. The quantitative estimate of drug-likeness (QED) is 0.682. The standard InChI is InChI=1S/C11H20O2/c1-11(2,8-12)7-9-4-3-5-10(13)6-9/h8-10,13H,3-7H2,1-2H3. The van der Waals surface area contributed by atoms with Crippen molar-refractivity contribution >= 4 is 6.29 Å². The Hall–Kier alpha value is -0.370. The van der Waals surface area contributed by atoms with E-state index in [0.29, 0.717) is 5.92 Å². The maximum Gasteiger partial charge on any atom is 0.125 e. The van der Waals surface area contributed by atoms with Gasteiger partial charge < -0.3 is 9.90 Å². The molecule has 0 aromatic carbocycles. The van der Waals surface area contributed by atoms with Crippen LogP contribution in [-0.2, 0) is 4.79 Å². The molecule has 2 unspecified atom stereocenters. The fourth-order valence-corrected chi connectivity index (χ4v) is 2.24. The van der Waals surface area contributed by atoms with Crippen molar-refractivity contribution in [2.24, 2.45) is 11.3 Å². The second kappa shape index (κ2) is 4.23. The van der Waals surface area contributed by atoms with Gasteiger partial charge in [-0.3, -0.25) is 0 Å². The number of aldehydes is 1. The van der Waals surface area contributed by atoms with E-state index in [1.807, 2.05) is 13.8 Å². The third-order valence-electron chi connectivity index (χ3n) is 2.89. The van der Waals surface area contributed by atoms with Gasteiger partial charge in [0.1, 0.15) is 6.29 Å². The Balaban J connectivity index is 2.39. The van der Waals surface area contributed by atoms with Gasteiger partial charge in [0, 0.05) is 5.41 Å². The average molecular weight is 184 g/mol. The van der Waals surface area contributed by atoms with E-state index < -0.39 is 0 Å². The van der Waals surface area contributed by atoms with Crippen molar-refractivity contribution in [2.45, 2.75) is 52.1 Å². The van der Waals surface area contributed by atoms with Crippen LogP contribution in [0.1, 0.15) is 46.0 Å². The summed E-state index contributed by atoms with van der Waals surface area (Å²) in [6.07, 6.45) is 5.95. The molecule has 0 amide bonds. The highest BCUT2D eigenvalue weighted by atomic mass is 16.3. The summed E-state index contributed by atoms with van der Waals surface area (Å²) in [4.78, 5) is 10.7. The lowest BCUT2D eigenvalue weighted by atomic mass is 9.76. The molecular weight excluding hydrogens is 164 g/mol. The van der Waals surface area contributed by atoms with Crippen LogP contribution in [0.15, 0.2) is 0 Å². The van der Waals surface area contributed by atoms with Crippen LogP contribution in [0, 0.1) is 11.3 Å². The number of carbonyl (C=O) groups excluding carboxylic acids is 1. The molecular formula is C11H20O2. The summed E-state index contributed by atoms with van der Waals surface area (Å²) in [6, 6.07) is 0. The van der Waals surface area contributed by atoms with Crippen molar-refractivity contribution in [3.8, 4) is 0 Å². The van der Waals surface area contributed by atoms with Crippen LogP contribution in [0.4, 0.5) is 0 Å². The van der Waals surface area contributed by atoms with Crippen molar-refractivity contribution in [1.29, 1.82) is 0 Å². The van der Waals surface area contributed by atoms with Crippen LogP contribution in [0.5, 0.6) is 0 Å². The summed E-state index contributed by atoms with van der Waals surface area (Å²) in [5.74, 6) is 0.545. The topological polar surface area (TPSA) is 37.3 Å². The Labute approximate surface area is 80.3 Å².